The zero-order chi connectivity index (χ0) is 34.2. The second kappa shape index (κ2) is 24.4. The molecule has 42 heavy (non-hydrogen) atoms. The van der Waals surface area contributed by atoms with Crippen LogP contribution in [-0.2, 0) is 43.2 Å². The van der Waals surface area contributed by atoms with Crippen LogP contribution in [-0.4, -0.2) is 134 Å². The van der Waals surface area contributed by atoms with Gasteiger partial charge in [-0.15, -0.1) is 0 Å². The zero-order valence-electron chi connectivity index (χ0n) is 20.8. The molecule has 0 aliphatic heterocycles. The van der Waals surface area contributed by atoms with Crippen LogP contribution in [0.3, 0.4) is 0 Å². The number of aliphatic carboxylic acids is 9. The first kappa shape index (κ1) is 43.4. The Balaban J connectivity index is -0.000000243. The van der Waals surface area contributed by atoms with Crippen LogP contribution in [0.15, 0.2) is 35.5 Å². The smallest absolute Gasteiger partial charge is 0.336 e. The van der Waals surface area contributed by atoms with E-state index in [1.54, 1.807) is 0 Å². The number of aliphatic hydroxyl groups is 3. The highest BCUT2D eigenvalue weighted by Crippen LogP contribution is 2.09. The van der Waals surface area contributed by atoms with E-state index in [9.17, 15) is 38.4 Å². The van der Waals surface area contributed by atoms with Crippen molar-refractivity contribution in [2.75, 3.05) is 6.61 Å². The molecular formula is C21H26O21. The van der Waals surface area contributed by atoms with E-state index in [2.05, 4.69) is 0 Å². The van der Waals surface area contributed by atoms with E-state index in [1.165, 1.54) is 0 Å². The van der Waals surface area contributed by atoms with Crippen molar-refractivity contribution in [3.8, 4) is 0 Å². The van der Waals surface area contributed by atoms with Gasteiger partial charge in [0, 0.05) is 18.2 Å². The fourth-order valence-corrected chi connectivity index (χ4v) is 1.70. The van der Waals surface area contributed by atoms with Crippen molar-refractivity contribution in [2.24, 2.45) is 0 Å². The Morgan fingerprint density at radius 3 is 0.976 bits per heavy atom. The lowest BCUT2D eigenvalue weighted by atomic mass is 10.1. The summed E-state index contributed by atoms with van der Waals surface area (Å²) in [5.74, 6) is -12.6. The molecule has 0 aromatic carbocycles. The number of rotatable bonds is 14. The summed E-state index contributed by atoms with van der Waals surface area (Å²) in [7, 11) is 0. The maximum Gasteiger partial charge on any atom is 0.336 e. The van der Waals surface area contributed by atoms with Gasteiger partial charge < -0.3 is 61.3 Å². The second-order valence-electron chi connectivity index (χ2n) is 6.63. The lowest BCUT2D eigenvalue weighted by Gasteiger charge is -2.07. The lowest BCUT2D eigenvalue weighted by molar-refractivity contribution is -0.146. The number of carboxylic acid groups (broad SMARTS) is 9. The maximum absolute atomic E-state index is 10.2. The van der Waals surface area contributed by atoms with Crippen LogP contribution in [0.2, 0.25) is 0 Å². The molecule has 21 heteroatoms. The Morgan fingerprint density at radius 2 is 0.810 bits per heavy atom. The van der Waals surface area contributed by atoms with Gasteiger partial charge in [0.1, 0.15) is 6.61 Å². The van der Waals surface area contributed by atoms with Crippen LogP contribution in [0.5, 0.6) is 0 Å². The average Bonchev–Trinajstić information content (AvgIpc) is 2.81. The van der Waals surface area contributed by atoms with Crippen molar-refractivity contribution in [2.45, 2.75) is 31.5 Å². The standard InChI is InChI=1S/2C7H8O7.C5H6O4.C2H4O3/c2*8-4(9)1-3(2-5(10)11)6(12)7(13)14;6-4(7)2-1-3-5(8)9;3-1-2(4)5/h2*1,6,12H,2H2,(H,8,9)(H,10,11)(H,13,14);1-2H,3H2,(H,6,7)(H,8,9);3H,1H2,(H,4,5)/b2*3-1-;2-1+;/t2*6-;;/m10../s1. The molecule has 236 valence electrons. The predicted octanol–water partition coefficient (Wildman–Crippen LogP) is -3.00. The molecule has 0 aliphatic carbocycles. The van der Waals surface area contributed by atoms with Crippen LogP contribution >= 0.6 is 0 Å². The molecule has 0 fully saturated rings. The lowest BCUT2D eigenvalue weighted by Crippen LogP contribution is -2.24. The van der Waals surface area contributed by atoms with Gasteiger partial charge in [-0.3, -0.25) is 14.4 Å². The third kappa shape index (κ3) is 32.4. The van der Waals surface area contributed by atoms with Crippen LogP contribution in [0.4, 0.5) is 0 Å². The van der Waals surface area contributed by atoms with Gasteiger partial charge in [-0.25, -0.2) is 28.8 Å². The van der Waals surface area contributed by atoms with Crippen LogP contribution in [0.1, 0.15) is 19.3 Å². The fraction of sp³-hybridized carbons (Fsp3) is 0.286. The van der Waals surface area contributed by atoms with Crippen molar-refractivity contribution >= 4 is 53.7 Å². The number of hydrogen-bond acceptors (Lipinski definition) is 12. The first-order valence-electron chi connectivity index (χ1n) is 10.1. The quantitative estimate of drug-likeness (QED) is 0.0867. The molecule has 21 nitrogen and oxygen atoms in total. The largest absolute Gasteiger partial charge is 0.481 e. The first-order valence-corrected chi connectivity index (χ1v) is 10.1. The normalized spacial score (nSPS) is 11.9. The van der Waals surface area contributed by atoms with E-state index in [-0.39, 0.29) is 6.42 Å². The number of aliphatic hydroxyl groups excluding tert-OH is 3. The third-order valence-corrected chi connectivity index (χ3v) is 3.19. The Labute approximate surface area is 232 Å². The van der Waals surface area contributed by atoms with Gasteiger partial charge in [-0.1, -0.05) is 6.08 Å². The van der Waals surface area contributed by atoms with Crippen molar-refractivity contribution in [3.63, 3.8) is 0 Å². The molecular weight excluding hydrogens is 588 g/mol. The van der Waals surface area contributed by atoms with Crippen LogP contribution in [0, 0.1) is 0 Å². The molecule has 2 atom stereocenters. The highest BCUT2D eigenvalue weighted by molar-refractivity contribution is 5.87. The summed E-state index contributed by atoms with van der Waals surface area (Å²) in [5.41, 5.74) is -1.17. The van der Waals surface area contributed by atoms with Crippen LogP contribution < -0.4 is 0 Å². The summed E-state index contributed by atoms with van der Waals surface area (Å²) in [6.07, 6.45) is -3.52. The van der Waals surface area contributed by atoms with E-state index in [0.29, 0.717) is 12.2 Å². The average molecular weight is 614 g/mol. The van der Waals surface area contributed by atoms with E-state index in [4.69, 9.17) is 66.1 Å². The van der Waals surface area contributed by atoms with Crippen molar-refractivity contribution < 1.29 is 104 Å². The van der Waals surface area contributed by atoms with Gasteiger partial charge in [-0.2, -0.15) is 0 Å². The molecule has 0 aromatic heterocycles. The number of hydrogen-bond donors (Lipinski definition) is 12. The molecule has 0 unspecified atom stereocenters. The summed E-state index contributed by atoms with van der Waals surface area (Å²) >= 11 is 0. The first-order chi connectivity index (χ1) is 19.1. The number of carbonyl (C=O) groups is 9. The Bertz CT molecular complexity index is 1020. The Hall–Kier alpha value is -5.67. The number of carboxylic acids is 9. The van der Waals surface area contributed by atoms with Gasteiger partial charge in [0.15, 0.2) is 12.2 Å². The van der Waals surface area contributed by atoms with Gasteiger partial charge in [0.05, 0.1) is 19.3 Å². The minimum atomic E-state index is -2.11. The van der Waals surface area contributed by atoms with Gasteiger partial charge in [-0.05, 0) is 11.1 Å². The highest BCUT2D eigenvalue weighted by Gasteiger charge is 2.22. The molecule has 0 amide bonds. The molecule has 0 rings (SSSR count). The van der Waals surface area contributed by atoms with Crippen molar-refractivity contribution in [1.29, 1.82) is 0 Å². The van der Waals surface area contributed by atoms with Crippen molar-refractivity contribution in [3.05, 3.63) is 35.5 Å². The second-order valence-corrected chi connectivity index (χ2v) is 6.63. The minimum Gasteiger partial charge on any atom is -0.481 e. The molecule has 12 N–H and O–H groups in total. The molecule has 0 saturated heterocycles. The minimum absolute atomic E-state index is 0.244. The van der Waals surface area contributed by atoms with E-state index in [1.807, 2.05) is 0 Å². The zero-order valence-corrected chi connectivity index (χ0v) is 20.8. The summed E-state index contributed by atoms with van der Waals surface area (Å²) in [4.78, 5) is 89.7. The molecule has 0 aliphatic rings. The molecule has 0 saturated carbocycles. The van der Waals surface area contributed by atoms with E-state index >= 15 is 0 Å². The molecule has 0 bridgehead atoms. The molecule has 0 radical (unpaired) electrons. The van der Waals surface area contributed by atoms with Crippen LogP contribution in [0.25, 0.3) is 0 Å². The SMILES string of the molecule is O=C(O)/C=C(/CC(=O)O)[C@@H](O)C(=O)O.O=C(O)/C=C(/CC(=O)O)[C@H](O)C(=O)O.O=C(O)/C=C/CC(=O)O.O=C(O)CO. The summed E-state index contributed by atoms with van der Waals surface area (Å²) < 4.78 is 0. The highest BCUT2D eigenvalue weighted by atomic mass is 16.4. The monoisotopic (exact) mass is 614 g/mol. The fourth-order valence-electron chi connectivity index (χ4n) is 1.70. The summed E-state index contributed by atoms with van der Waals surface area (Å²) in [5, 5.41) is 98.4. The summed E-state index contributed by atoms with van der Waals surface area (Å²) in [6, 6.07) is 0. The van der Waals surface area contributed by atoms with Gasteiger partial charge in [0.25, 0.3) is 0 Å². The third-order valence-electron chi connectivity index (χ3n) is 3.19. The Morgan fingerprint density at radius 1 is 0.500 bits per heavy atom. The van der Waals surface area contributed by atoms with Gasteiger partial charge in [0.2, 0.25) is 0 Å². The molecule has 0 heterocycles. The molecule has 0 spiro atoms. The maximum atomic E-state index is 10.2. The Kier molecular flexibility index (Phi) is 25.2. The van der Waals surface area contributed by atoms with Gasteiger partial charge >= 0.3 is 53.7 Å². The topological polar surface area (TPSA) is 396 Å². The predicted molar refractivity (Wildman–Crippen MR) is 127 cm³/mol. The van der Waals surface area contributed by atoms with E-state index < -0.39 is 96.5 Å². The van der Waals surface area contributed by atoms with Crippen molar-refractivity contribution in [1.82, 2.24) is 0 Å². The molecule has 0 aromatic rings. The van der Waals surface area contributed by atoms with E-state index in [0.717, 1.165) is 12.2 Å². The summed E-state index contributed by atoms with van der Waals surface area (Å²) in [6.45, 7) is -0.778.